The molecule has 28 heavy (non-hydrogen) atoms. The zero-order valence-corrected chi connectivity index (χ0v) is 16.7. The lowest BCUT2D eigenvalue weighted by molar-refractivity contribution is -0.138. The van der Waals surface area contributed by atoms with E-state index in [9.17, 15) is 9.59 Å². The van der Waals surface area contributed by atoms with Crippen molar-refractivity contribution in [3.63, 3.8) is 0 Å². The highest BCUT2D eigenvalue weighted by molar-refractivity contribution is 7.15. The molecule has 1 aliphatic carbocycles. The average Bonchev–Trinajstić information content (AvgIpc) is 3.32. The van der Waals surface area contributed by atoms with Gasteiger partial charge in [-0.15, -0.1) is 11.3 Å². The number of thiazole rings is 1. The van der Waals surface area contributed by atoms with Crippen molar-refractivity contribution in [2.45, 2.75) is 57.0 Å². The molecule has 1 saturated heterocycles. The molecule has 0 radical (unpaired) electrons. The number of carbonyl (C=O) groups excluding carboxylic acids is 2. The van der Waals surface area contributed by atoms with Crippen LogP contribution in [-0.4, -0.2) is 40.3 Å². The van der Waals surface area contributed by atoms with Crippen molar-refractivity contribution >= 4 is 28.3 Å². The number of nitrogens with two attached hydrogens (primary N) is 1. The molecule has 3 N–H and O–H groups in total. The first-order chi connectivity index (χ1) is 13.6. The van der Waals surface area contributed by atoms with E-state index in [4.69, 9.17) is 5.73 Å². The van der Waals surface area contributed by atoms with Crippen LogP contribution in [0.15, 0.2) is 30.3 Å². The highest BCUT2D eigenvalue weighted by atomic mass is 32.1. The SMILES string of the molecule is Nc1nc2c(s1)CC(NC(=O)[C@@H]1CCCN1C(=O)CCc1ccccc1)CC2. The number of nitrogens with one attached hydrogen (secondary N) is 1. The molecule has 0 saturated carbocycles. The maximum Gasteiger partial charge on any atom is 0.243 e. The molecule has 2 aromatic rings. The molecule has 1 unspecified atom stereocenters. The number of nitrogens with zero attached hydrogens (tertiary/aromatic N) is 2. The smallest absolute Gasteiger partial charge is 0.243 e. The minimum absolute atomic E-state index is 0.0171. The number of benzene rings is 1. The summed E-state index contributed by atoms with van der Waals surface area (Å²) in [6.45, 7) is 0.673. The van der Waals surface area contributed by atoms with Crippen LogP contribution in [0.1, 0.15) is 41.8 Å². The maximum absolute atomic E-state index is 12.9. The van der Waals surface area contributed by atoms with Gasteiger partial charge in [0, 0.05) is 30.3 Å². The number of nitrogen functional groups attached to an aromatic ring is 1. The topological polar surface area (TPSA) is 88.3 Å². The minimum atomic E-state index is -0.337. The molecule has 2 atom stereocenters. The first kappa shape index (κ1) is 18.9. The number of aromatic nitrogens is 1. The highest BCUT2D eigenvalue weighted by Crippen LogP contribution is 2.28. The number of hydrogen-bond donors (Lipinski definition) is 2. The zero-order chi connectivity index (χ0) is 19.5. The molecular weight excluding hydrogens is 372 g/mol. The van der Waals surface area contributed by atoms with Crippen LogP contribution in [0.2, 0.25) is 0 Å². The lowest BCUT2D eigenvalue weighted by Crippen LogP contribution is -2.50. The van der Waals surface area contributed by atoms with Crippen LogP contribution in [0, 0.1) is 0 Å². The van der Waals surface area contributed by atoms with Crippen LogP contribution in [0.3, 0.4) is 0 Å². The number of aryl methyl sites for hydroxylation is 2. The van der Waals surface area contributed by atoms with E-state index < -0.39 is 0 Å². The van der Waals surface area contributed by atoms with Crippen LogP contribution in [0.5, 0.6) is 0 Å². The Bertz CT molecular complexity index is 851. The summed E-state index contributed by atoms with van der Waals surface area (Å²) in [5, 5.41) is 3.77. The van der Waals surface area contributed by atoms with E-state index in [0.717, 1.165) is 43.4 Å². The Kier molecular flexibility index (Phi) is 5.62. The standard InChI is InChI=1S/C21H26N4O2S/c22-21-24-16-10-9-15(13-18(16)28-21)23-20(27)17-7-4-12-25(17)19(26)11-8-14-5-2-1-3-6-14/h1-3,5-6,15,17H,4,7-13H2,(H2,22,24)(H,23,27)/t15?,17-/m0/s1. The maximum atomic E-state index is 12.9. The van der Waals surface area contributed by atoms with Crippen molar-refractivity contribution in [1.29, 1.82) is 0 Å². The van der Waals surface area contributed by atoms with Gasteiger partial charge >= 0.3 is 0 Å². The Morgan fingerprint density at radius 1 is 1.25 bits per heavy atom. The molecule has 4 rings (SSSR count). The zero-order valence-electron chi connectivity index (χ0n) is 15.9. The van der Waals surface area contributed by atoms with E-state index in [0.29, 0.717) is 24.5 Å². The lowest BCUT2D eigenvalue weighted by Gasteiger charge is -2.28. The number of likely N-dealkylation sites (tertiary alicyclic amines) is 1. The van der Waals surface area contributed by atoms with Crippen molar-refractivity contribution in [3.05, 3.63) is 46.5 Å². The first-order valence-electron chi connectivity index (χ1n) is 9.98. The normalized spacial score (nSPS) is 21.4. The molecule has 1 aliphatic heterocycles. The molecule has 1 fully saturated rings. The van der Waals surface area contributed by atoms with Crippen LogP contribution >= 0.6 is 11.3 Å². The minimum Gasteiger partial charge on any atom is -0.375 e. The van der Waals surface area contributed by atoms with Gasteiger partial charge in [-0.1, -0.05) is 30.3 Å². The van der Waals surface area contributed by atoms with Gasteiger partial charge in [0.2, 0.25) is 11.8 Å². The van der Waals surface area contributed by atoms with E-state index in [-0.39, 0.29) is 23.9 Å². The van der Waals surface area contributed by atoms with Crippen LogP contribution < -0.4 is 11.1 Å². The van der Waals surface area contributed by atoms with E-state index in [1.54, 1.807) is 4.90 Å². The van der Waals surface area contributed by atoms with E-state index in [2.05, 4.69) is 10.3 Å². The number of fused-ring (bicyclic) bond motifs is 1. The lowest BCUT2D eigenvalue weighted by atomic mass is 9.97. The monoisotopic (exact) mass is 398 g/mol. The first-order valence-corrected chi connectivity index (χ1v) is 10.8. The second kappa shape index (κ2) is 8.31. The van der Waals surface area contributed by atoms with Gasteiger partial charge in [-0.25, -0.2) is 4.98 Å². The van der Waals surface area contributed by atoms with Gasteiger partial charge < -0.3 is 16.0 Å². The highest BCUT2D eigenvalue weighted by Gasteiger charge is 2.35. The van der Waals surface area contributed by atoms with E-state index in [1.165, 1.54) is 16.2 Å². The molecule has 1 aromatic carbocycles. The molecule has 6 nitrogen and oxygen atoms in total. The number of anilines is 1. The fraction of sp³-hybridized carbons (Fsp3) is 0.476. The van der Waals surface area contributed by atoms with Crippen molar-refractivity contribution < 1.29 is 9.59 Å². The van der Waals surface area contributed by atoms with Crippen LogP contribution in [0.4, 0.5) is 5.13 Å². The third kappa shape index (κ3) is 4.19. The second-order valence-corrected chi connectivity index (χ2v) is 8.72. The molecule has 1 aromatic heterocycles. The quantitative estimate of drug-likeness (QED) is 0.809. The molecule has 148 valence electrons. The Morgan fingerprint density at radius 3 is 2.89 bits per heavy atom. The molecular formula is C21H26N4O2S. The van der Waals surface area contributed by atoms with Gasteiger partial charge in [-0.3, -0.25) is 9.59 Å². The Labute approximate surface area is 169 Å². The largest absolute Gasteiger partial charge is 0.375 e. The van der Waals surface area contributed by atoms with Crippen molar-refractivity contribution in [1.82, 2.24) is 15.2 Å². The summed E-state index contributed by atoms with van der Waals surface area (Å²) in [6, 6.07) is 9.77. The van der Waals surface area contributed by atoms with E-state index in [1.807, 2.05) is 30.3 Å². The van der Waals surface area contributed by atoms with Crippen molar-refractivity contribution in [2.75, 3.05) is 12.3 Å². The summed E-state index contributed by atoms with van der Waals surface area (Å²) in [5.74, 6) is 0.0548. The molecule has 2 aliphatic rings. The fourth-order valence-corrected chi connectivity index (χ4v) is 5.15. The Hall–Kier alpha value is -2.41. The second-order valence-electron chi connectivity index (χ2n) is 7.60. The summed E-state index contributed by atoms with van der Waals surface area (Å²) in [5.41, 5.74) is 8.03. The van der Waals surface area contributed by atoms with Crippen molar-refractivity contribution in [3.8, 4) is 0 Å². The average molecular weight is 399 g/mol. The summed E-state index contributed by atoms with van der Waals surface area (Å²) in [7, 11) is 0. The number of carbonyl (C=O) groups is 2. The number of rotatable bonds is 5. The summed E-state index contributed by atoms with van der Waals surface area (Å²) >= 11 is 1.51. The van der Waals surface area contributed by atoms with Gasteiger partial charge in [0.1, 0.15) is 6.04 Å². The van der Waals surface area contributed by atoms with Gasteiger partial charge in [-0.05, 0) is 37.7 Å². The van der Waals surface area contributed by atoms with E-state index >= 15 is 0 Å². The van der Waals surface area contributed by atoms with Gasteiger partial charge in [0.05, 0.1) is 5.69 Å². The molecule has 7 heteroatoms. The molecule has 0 bridgehead atoms. The molecule has 0 spiro atoms. The number of hydrogen-bond acceptors (Lipinski definition) is 5. The Morgan fingerprint density at radius 2 is 2.07 bits per heavy atom. The third-order valence-corrected chi connectivity index (χ3v) is 6.60. The fourth-order valence-electron chi connectivity index (χ4n) is 4.19. The summed E-state index contributed by atoms with van der Waals surface area (Å²) in [4.78, 5) is 32.9. The summed E-state index contributed by atoms with van der Waals surface area (Å²) < 4.78 is 0. The molecule has 2 amide bonds. The van der Waals surface area contributed by atoms with Crippen molar-refractivity contribution in [2.24, 2.45) is 0 Å². The predicted octanol–water partition coefficient (Wildman–Crippen LogP) is 2.32. The van der Waals surface area contributed by atoms with Gasteiger partial charge in [-0.2, -0.15) is 0 Å². The predicted molar refractivity (Wildman–Crippen MR) is 110 cm³/mol. The van der Waals surface area contributed by atoms with Crippen LogP contribution in [0.25, 0.3) is 0 Å². The third-order valence-electron chi connectivity index (χ3n) is 5.65. The summed E-state index contributed by atoms with van der Waals surface area (Å²) in [6.07, 6.45) is 5.28. The molecule has 2 heterocycles. The van der Waals surface area contributed by atoms with Crippen LogP contribution in [-0.2, 0) is 28.9 Å². The Balaban J connectivity index is 1.32. The van der Waals surface area contributed by atoms with Gasteiger partial charge in [0.15, 0.2) is 5.13 Å². The number of amides is 2. The van der Waals surface area contributed by atoms with Gasteiger partial charge in [0.25, 0.3) is 0 Å².